The third kappa shape index (κ3) is 4.00. The van der Waals surface area contributed by atoms with Crippen LogP contribution in [0.15, 0.2) is 23.6 Å². The van der Waals surface area contributed by atoms with Gasteiger partial charge in [0.15, 0.2) is 0 Å². The molecule has 0 aromatic carbocycles. The molecule has 1 atom stereocenters. The lowest BCUT2D eigenvalue weighted by Crippen LogP contribution is -2.38. The number of carbonyl (C=O) groups is 1. The summed E-state index contributed by atoms with van der Waals surface area (Å²) >= 11 is 1.47. The maximum atomic E-state index is 12.3. The van der Waals surface area contributed by atoms with Crippen molar-refractivity contribution in [2.45, 2.75) is 52.2 Å². The summed E-state index contributed by atoms with van der Waals surface area (Å²) in [6, 6.07) is 5.86. The van der Waals surface area contributed by atoms with Gasteiger partial charge in [-0.15, -0.1) is 11.3 Å². The molecule has 126 valence electrons. The lowest BCUT2D eigenvalue weighted by molar-refractivity contribution is 0.0555. The van der Waals surface area contributed by atoms with Crippen molar-refractivity contribution >= 4 is 17.2 Å². The van der Waals surface area contributed by atoms with E-state index in [1.165, 1.54) is 11.3 Å². The smallest absolute Gasteiger partial charge is 0.271 e. The molecule has 2 aromatic rings. The second-order valence-electron chi connectivity index (χ2n) is 6.02. The number of thiophene rings is 1. The first-order valence-electron chi connectivity index (χ1n) is 7.99. The summed E-state index contributed by atoms with van der Waals surface area (Å²) in [5, 5.41) is 19.6. The zero-order valence-corrected chi connectivity index (χ0v) is 15.0. The molecule has 2 aromatic heterocycles. The SMILES string of the molecule is CCC(CC)n1nc(C(=O)NCC(C)(O)c2cccs2)cc1C. The van der Waals surface area contributed by atoms with Gasteiger partial charge in [0.25, 0.3) is 5.91 Å². The molecule has 5 nitrogen and oxygen atoms in total. The highest BCUT2D eigenvalue weighted by Crippen LogP contribution is 2.24. The predicted octanol–water partition coefficient (Wildman–Crippen LogP) is 3.25. The molecule has 2 heterocycles. The van der Waals surface area contributed by atoms with Crippen molar-refractivity contribution in [2.24, 2.45) is 0 Å². The van der Waals surface area contributed by atoms with Gasteiger partial charge in [0.2, 0.25) is 0 Å². The Morgan fingerprint density at radius 3 is 2.74 bits per heavy atom. The summed E-state index contributed by atoms with van der Waals surface area (Å²) in [5.74, 6) is -0.255. The van der Waals surface area contributed by atoms with Crippen molar-refractivity contribution in [3.63, 3.8) is 0 Å². The van der Waals surface area contributed by atoms with E-state index in [-0.39, 0.29) is 12.5 Å². The van der Waals surface area contributed by atoms with Crippen LogP contribution in [-0.4, -0.2) is 27.3 Å². The third-order valence-corrected chi connectivity index (χ3v) is 5.21. The van der Waals surface area contributed by atoms with Gasteiger partial charge >= 0.3 is 0 Å². The van der Waals surface area contributed by atoms with Gasteiger partial charge in [-0.3, -0.25) is 9.48 Å². The third-order valence-electron chi connectivity index (χ3n) is 4.09. The van der Waals surface area contributed by atoms with E-state index >= 15 is 0 Å². The molecule has 1 unspecified atom stereocenters. The molecule has 2 rings (SSSR count). The van der Waals surface area contributed by atoms with Crippen LogP contribution in [0.5, 0.6) is 0 Å². The molecule has 0 fully saturated rings. The Bertz CT molecular complexity index is 643. The van der Waals surface area contributed by atoms with E-state index in [1.54, 1.807) is 13.0 Å². The summed E-state index contributed by atoms with van der Waals surface area (Å²) in [5.41, 5.74) is 0.307. The quantitative estimate of drug-likeness (QED) is 0.816. The molecule has 23 heavy (non-hydrogen) atoms. The Labute approximate surface area is 141 Å². The van der Waals surface area contributed by atoms with Crippen LogP contribution < -0.4 is 5.32 Å². The summed E-state index contributed by atoms with van der Waals surface area (Å²) in [6.45, 7) is 8.06. The zero-order valence-electron chi connectivity index (χ0n) is 14.2. The Balaban J connectivity index is 2.05. The zero-order chi connectivity index (χ0) is 17.0. The predicted molar refractivity (Wildman–Crippen MR) is 92.8 cm³/mol. The van der Waals surface area contributed by atoms with E-state index in [2.05, 4.69) is 24.3 Å². The van der Waals surface area contributed by atoms with Crippen LogP contribution in [0, 0.1) is 6.92 Å². The normalized spacial score (nSPS) is 14.0. The van der Waals surface area contributed by atoms with Crippen molar-refractivity contribution in [3.8, 4) is 0 Å². The molecule has 0 saturated carbocycles. The Hall–Kier alpha value is -1.66. The van der Waals surface area contributed by atoms with Gasteiger partial charge in [0.05, 0.1) is 12.6 Å². The number of hydrogen-bond donors (Lipinski definition) is 2. The minimum atomic E-state index is -1.07. The van der Waals surface area contributed by atoms with Crippen LogP contribution in [0.1, 0.15) is 60.7 Å². The van der Waals surface area contributed by atoms with Crippen molar-refractivity contribution < 1.29 is 9.90 Å². The van der Waals surface area contributed by atoms with Crippen molar-refractivity contribution in [1.82, 2.24) is 15.1 Å². The first kappa shape index (κ1) is 17.7. The fourth-order valence-electron chi connectivity index (χ4n) is 2.62. The molecule has 0 aliphatic rings. The summed E-state index contributed by atoms with van der Waals surface area (Å²) in [6.07, 6.45) is 1.96. The Morgan fingerprint density at radius 1 is 1.48 bits per heavy atom. The summed E-state index contributed by atoms with van der Waals surface area (Å²) in [7, 11) is 0. The number of aryl methyl sites for hydroxylation is 1. The number of carbonyl (C=O) groups excluding carboxylic acids is 1. The molecule has 0 radical (unpaired) electrons. The molecule has 2 N–H and O–H groups in total. The second-order valence-corrected chi connectivity index (χ2v) is 6.97. The van der Waals surface area contributed by atoms with Crippen LogP contribution in [0.3, 0.4) is 0 Å². The van der Waals surface area contributed by atoms with Crippen LogP contribution in [0.4, 0.5) is 0 Å². The Kier molecular flexibility index (Phi) is 5.59. The van der Waals surface area contributed by atoms with Crippen LogP contribution in [0.25, 0.3) is 0 Å². The van der Waals surface area contributed by atoms with E-state index in [0.717, 1.165) is 23.4 Å². The number of nitrogens with zero attached hydrogens (tertiary/aromatic N) is 2. The van der Waals surface area contributed by atoms with Crippen molar-refractivity contribution in [2.75, 3.05) is 6.54 Å². The number of aromatic nitrogens is 2. The maximum absolute atomic E-state index is 12.3. The Morgan fingerprint density at radius 2 is 2.17 bits per heavy atom. The minimum Gasteiger partial charge on any atom is -0.383 e. The highest BCUT2D eigenvalue weighted by Gasteiger charge is 2.26. The molecule has 0 saturated heterocycles. The van der Waals surface area contributed by atoms with Gasteiger partial charge in [0, 0.05) is 10.6 Å². The molecule has 0 aliphatic carbocycles. The fraction of sp³-hybridized carbons (Fsp3) is 0.529. The first-order valence-corrected chi connectivity index (χ1v) is 8.87. The highest BCUT2D eigenvalue weighted by atomic mass is 32.1. The van der Waals surface area contributed by atoms with Gasteiger partial charge in [-0.05, 0) is 44.2 Å². The van der Waals surface area contributed by atoms with E-state index in [9.17, 15) is 9.90 Å². The van der Waals surface area contributed by atoms with E-state index in [0.29, 0.717) is 11.7 Å². The molecule has 0 aliphatic heterocycles. The number of hydrogen-bond acceptors (Lipinski definition) is 4. The van der Waals surface area contributed by atoms with Gasteiger partial charge in [-0.2, -0.15) is 5.10 Å². The van der Waals surface area contributed by atoms with Gasteiger partial charge in [-0.1, -0.05) is 19.9 Å². The average molecular weight is 335 g/mol. The molecule has 0 spiro atoms. The number of rotatable bonds is 7. The van der Waals surface area contributed by atoms with Gasteiger partial charge in [0.1, 0.15) is 11.3 Å². The monoisotopic (exact) mass is 335 g/mol. The lowest BCUT2D eigenvalue weighted by Gasteiger charge is -2.22. The average Bonchev–Trinajstić information content (AvgIpc) is 3.17. The van der Waals surface area contributed by atoms with Gasteiger partial charge < -0.3 is 10.4 Å². The van der Waals surface area contributed by atoms with E-state index < -0.39 is 5.60 Å². The minimum absolute atomic E-state index is 0.156. The first-order chi connectivity index (χ1) is 10.9. The number of amides is 1. The topological polar surface area (TPSA) is 67.2 Å². The fourth-order valence-corrected chi connectivity index (χ4v) is 3.40. The molecule has 6 heteroatoms. The van der Waals surface area contributed by atoms with Gasteiger partial charge in [-0.25, -0.2) is 0 Å². The number of aliphatic hydroxyl groups is 1. The van der Waals surface area contributed by atoms with Crippen molar-refractivity contribution in [1.29, 1.82) is 0 Å². The van der Waals surface area contributed by atoms with E-state index in [1.807, 2.05) is 29.1 Å². The highest BCUT2D eigenvalue weighted by molar-refractivity contribution is 7.10. The number of nitrogens with one attached hydrogen (secondary N) is 1. The molecule has 1 amide bonds. The lowest BCUT2D eigenvalue weighted by atomic mass is 10.1. The molecular weight excluding hydrogens is 310 g/mol. The largest absolute Gasteiger partial charge is 0.383 e. The second kappa shape index (κ2) is 7.27. The van der Waals surface area contributed by atoms with Crippen molar-refractivity contribution in [3.05, 3.63) is 39.8 Å². The van der Waals surface area contributed by atoms with Crippen LogP contribution in [0.2, 0.25) is 0 Å². The standard InChI is InChI=1S/C17H25N3O2S/c1-5-13(6-2)20-12(3)10-14(19-20)16(21)18-11-17(4,22)15-8-7-9-23-15/h7-10,13,22H,5-6,11H2,1-4H3,(H,18,21). The summed E-state index contributed by atoms with van der Waals surface area (Å²) in [4.78, 5) is 13.2. The maximum Gasteiger partial charge on any atom is 0.271 e. The van der Waals surface area contributed by atoms with Crippen LogP contribution >= 0.6 is 11.3 Å². The van der Waals surface area contributed by atoms with E-state index in [4.69, 9.17) is 0 Å². The molecular formula is C17H25N3O2S. The van der Waals surface area contributed by atoms with Crippen LogP contribution in [-0.2, 0) is 5.60 Å². The molecule has 0 bridgehead atoms. The summed E-state index contributed by atoms with van der Waals surface area (Å²) < 4.78 is 1.92.